The maximum atomic E-state index is 9.91. The van der Waals surface area contributed by atoms with Crippen LogP contribution in [0.15, 0.2) is 60.7 Å². The van der Waals surface area contributed by atoms with Gasteiger partial charge in [-0.05, 0) is 17.5 Å². The van der Waals surface area contributed by atoms with Crippen molar-refractivity contribution in [1.29, 1.82) is 0 Å². The largest absolute Gasteiger partial charge is 0.505 e. The molecule has 0 bridgehead atoms. The molecule has 1 N–H and O–H groups in total. The zero-order valence-corrected chi connectivity index (χ0v) is 14.5. The highest BCUT2D eigenvalue weighted by Crippen LogP contribution is 2.17. The van der Waals surface area contributed by atoms with Gasteiger partial charge in [-0.25, -0.2) is 4.79 Å². The third kappa shape index (κ3) is 9.67. The quantitative estimate of drug-likeness (QED) is 0.451. The molecule has 2 aromatic rings. The van der Waals surface area contributed by atoms with Crippen molar-refractivity contribution in [2.75, 3.05) is 6.61 Å². The van der Waals surface area contributed by atoms with E-state index in [9.17, 15) is 4.79 Å². The highest BCUT2D eigenvalue weighted by molar-refractivity contribution is 5.62. The molecular formula is C21H28O3. The molecule has 0 saturated heterocycles. The average Bonchev–Trinajstić information content (AvgIpc) is 2.63. The third-order valence-corrected chi connectivity index (χ3v) is 3.60. The molecule has 0 heterocycles. The molecule has 2 rings (SSSR count). The lowest BCUT2D eigenvalue weighted by atomic mass is 10.1. The first kappa shape index (κ1) is 19.8. The van der Waals surface area contributed by atoms with Crippen molar-refractivity contribution in [2.45, 2.75) is 45.4 Å². The van der Waals surface area contributed by atoms with Crippen molar-refractivity contribution in [1.82, 2.24) is 0 Å². The van der Waals surface area contributed by atoms with Gasteiger partial charge >= 0.3 is 6.16 Å². The van der Waals surface area contributed by atoms with Gasteiger partial charge in [-0.1, -0.05) is 99.7 Å². The fourth-order valence-corrected chi connectivity index (χ4v) is 2.30. The summed E-state index contributed by atoms with van der Waals surface area (Å²) in [5.41, 5.74) is 2.55. The van der Waals surface area contributed by atoms with Crippen molar-refractivity contribution < 1.29 is 14.6 Å². The number of carbonyl (C=O) groups is 1. The van der Waals surface area contributed by atoms with E-state index in [1.165, 1.54) is 36.8 Å². The SMILES string of the molecule is CCCCCCCCOC(=O)O.c1ccc(-c2ccccc2)cc1. The summed E-state index contributed by atoms with van der Waals surface area (Å²) in [6, 6.07) is 20.8. The van der Waals surface area contributed by atoms with Crippen LogP contribution in [0.25, 0.3) is 11.1 Å². The summed E-state index contributed by atoms with van der Waals surface area (Å²) in [4.78, 5) is 9.91. The molecule has 0 amide bonds. The summed E-state index contributed by atoms with van der Waals surface area (Å²) in [7, 11) is 0. The normalized spacial score (nSPS) is 9.71. The Balaban J connectivity index is 0.000000240. The Bertz CT molecular complexity index is 500. The minimum Gasteiger partial charge on any atom is -0.450 e. The predicted molar refractivity (Wildman–Crippen MR) is 99.2 cm³/mol. The summed E-state index contributed by atoms with van der Waals surface area (Å²) in [6.45, 7) is 2.52. The van der Waals surface area contributed by atoms with Crippen LogP contribution < -0.4 is 0 Å². The lowest BCUT2D eigenvalue weighted by Crippen LogP contribution is -2.01. The van der Waals surface area contributed by atoms with E-state index in [-0.39, 0.29) is 0 Å². The van der Waals surface area contributed by atoms with E-state index in [1.54, 1.807) is 0 Å². The van der Waals surface area contributed by atoms with Gasteiger partial charge in [-0.3, -0.25) is 0 Å². The second kappa shape index (κ2) is 13.2. The minimum absolute atomic E-state index is 0.349. The first-order valence-corrected chi connectivity index (χ1v) is 8.70. The number of hydrogen-bond acceptors (Lipinski definition) is 2. The zero-order chi connectivity index (χ0) is 17.5. The molecule has 0 unspecified atom stereocenters. The number of carboxylic acid groups (broad SMARTS) is 1. The van der Waals surface area contributed by atoms with E-state index < -0.39 is 6.16 Å². The van der Waals surface area contributed by atoms with Gasteiger partial charge in [0, 0.05) is 0 Å². The first-order chi connectivity index (χ1) is 11.7. The molecule has 3 heteroatoms. The molecular weight excluding hydrogens is 300 g/mol. The first-order valence-electron chi connectivity index (χ1n) is 8.70. The molecule has 0 fully saturated rings. The molecule has 3 nitrogen and oxygen atoms in total. The van der Waals surface area contributed by atoms with Crippen LogP contribution in [0.3, 0.4) is 0 Å². The van der Waals surface area contributed by atoms with Gasteiger partial charge in [-0.15, -0.1) is 0 Å². The van der Waals surface area contributed by atoms with Crippen LogP contribution >= 0.6 is 0 Å². The van der Waals surface area contributed by atoms with E-state index >= 15 is 0 Å². The molecule has 0 aromatic heterocycles. The predicted octanol–water partition coefficient (Wildman–Crippen LogP) is 6.40. The van der Waals surface area contributed by atoms with Gasteiger partial charge in [0.2, 0.25) is 0 Å². The van der Waals surface area contributed by atoms with Crippen molar-refractivity contribution in [3.63, 3.8) is 0 Å². The lowest BCUT2D eigenvalue weighted by Gasteiger charge is -2.00. The number of unbranched alkanes of at least 4 members (excludes halogenated alkanes) is 5. The van der Waals surface area contributed by atoms with E-state index in [1.807, 2.05) is 12.1 Å². The van der Waals surface area contributed by atoms with Gasteiger partial charge in [0.1, 0.15) is 0 Å². The summed E-state index contributed by atoms with van der Waals surface area (Å²) in [5, 5.41) is 8.13. The standard InChI is InChI=1S/C12H10.C9H18O3/c1-3-7-11(8-4-1)12-9-5-2-6-10-12;1-2-3-4-5-6-7-8-12-9(10)11/h1-10H;2-8H2,1H3,(H,10,11). The van der Waals surface area contributed by atoms with Gasteiger partial charge in [0.15, 0.2) is 0 Å². The number of hydrogen-bond donors (Lipinski definition) is 1. The maximum Gasteiger partial charge on any atom is 0.505 e. The van der Waals surface area contributed by atoms with Crippen LogP contribution in [0.5, 0.6) is 0 Å². The average molecular weight is 328 g/mol. The Kier molecular flexibility index (Phi) is 10.8. The fraction of sp³-hybridized carbons (Fsp3) is 0.381. The highest BCUT2D eigenvalue weighted by atomic mass is 16.7. The Hall–Kier alpha value is -2.29. The van der Waals surface area contributed by atoms with Crippen LogP contribution in [0.4, 0.5) is 4.79 Å². The third-order valence-electron chi connectivity index (χ3n) is 3.60. The van der Waals surface area contributed by atoms with Gasteiger partial charge in [-0.2, -0.15) is 0 Å². The summed E-state index contributed by atoms with van der Waals surface area (Å²) >= 11 is 0. The molecule has 0 spiro atoms. The number of rotatable bonds is 8. The molecule has 0 atom stereocenters. The molecule has 130 valence electrons. The molecule has 0 aliphatic carbocycles. The molecule has 2 aromatic carbocycles. The number of benzene rings is 2. The minimum atomic E-state index is -1.16. The van der Waals surface area contributed by atoms with Gasteiger partial charge < -0.3 is 9.84 Å². The van der Waals surface area contributed by atoms with E-state index in [2.05, 4.69) is 60.2 Å². The maximum absolute atomic E-state index is 9.91. The van der Waals surface area contributed by atoms with Crippen LogP contribution in [0.1, 0.15) is 45.4 Å². The second-order valence-electron chi connectivity index (χ2n) is 5.61. The van der Waals surface area contributed by atoms with Crippen molar-refractivity contribution in [3.05, 3.63) is 60.7 Å². The Labute approximate surface area is 145 Å². The highest BCUT2D eigenvalue weighted by Gasteiger charge is 1.95. The number of ether oxygens (including phenoxy) is 1. The van der Waals surface area contributed by atoms with E-state index in [0.29, 0.717) is 6.61 Å². The Morgan fingerprint density at radius 1 is 0.792 bits per heavy atom. The Morgan fingerprint density at radius 2 is 1.25 bits per heavy atom. The van der Waals surface area contributed by atoms with Crippen molar-refractivity contribution in [2.24, 2.45) is 0 Å². The molecule has 0 aliphatic heterocycles. The second-order valence-corrected chi connectivity index (χ2v) is 5.61. The van der Waals surface area contributed by atoms with Crippen molar-refractivity contribution >= 4 is 6.16 Å². The smallest absolute Gasteiger partial charge is 0.450 e. The van der Waals surface area contributed by atoms with E-state index in [0.717, 1.165) is 12.8 Å². The fourth-order valence-electron chi connectivity index (χ4n) is 2.30. The van der Waals surface area contributed by atoms with Gasteiger partial charge in [0.25, 0.3) is 0 Å². The monoisotopic (exact) mass is 328 g/mol. The van der Waals surface area contributed by atoms with Crippen molar-refractivity contribution in [3.8, 4) is 11.1 Å². The topological polar surface area (TPSA) is 46.5 Å². The van der Waals surface area contributed by atoms with E-state index in [4.69, 9.17) is 5.11 Å². The van der Waals surface area contributed by atoms with Crippen LogP contribution in [-0.2, 0) is 4.74 Å². The molecule has 0 aliphatic rings. The zero-order valence-electron chi connectivity index (χ0n) is 14.5. The Morgan fingerprint density at radius 3 is 1.71 bits per heavy atom. The van der Waals surface area contributed by atoms with Crippen LogP contribution in [0, 0.1) is 0 Å². The molecule has 24 heavy (non-hydrogen) atoms. The molecule has 0 saturated carbocycles. The summed E-state index contributed by atoms with van der Waals surface area (Å²) in [6.07, 6.45) is 5.73. The van der Waals surface area contributed by atoms with Crippen LogP contribution in [0.2, 0.25) is 0 Å². The van der Waals surface area contributed by atoms with Gasteiger partial charge in [0.05, 0.1) is 6.61 Å². The summed E-state index contributed by atoms with van der Waals surface area (Å²) in [5.74, 6) is 0. The summed E-state index contributed by atoms with van der Waals surface area (Å²) < 4.78 is 4.37. The molecule has 0 radical (unpaired) electrons. The van der Waals surface area contributed by atoms with Crippen LogP contribution in [-0.4, -0.2) is 17.9 Å². The lowest BCUT2D eigenvalue weighted by molar-refractivity contribution is 0.0899.